The summed E-state index contributed by atoms with van der Waals surface area (Å²) in [5, 5.41) is 10.4. The van der Waals surface area contributed by atoms with E-state index in [9.17, 15) is 4.79 Å². The Bertz CT molecular complexity index is 631. The summed E-state index contributed by atoms with van der Waals surface area (Å²) in [6.45, 7) is 5.95. The number of carbonyl (C=O) groups excluding carboxylic acids is 1. The second-order valence-electron chi connectivity index (χ2n) is 5.53. The van der Waals surface area contributed by atoms with Crippen LogP contribution in [0, 0.1) is 0 Å². The van der Waals surface area contributed by atoms with Crippen molar-refractivity contribution >= 4 is 30.7 Å². The molecule has 3 rings (SSSR count). The van der Waals surface area contributed by atoms with Gasteiger partial charge < -0.3 is 15.5 Å². The lowest BCUT2D eigenvalue weighted by Gasteiger charge is -2.27. The number of aromatic nitrogens is 3. The van der Waals surface area contributed by atoms with Crippen LogP contribution in [0.5, 0.6) is 0 Å². The molecule has 7 nitrogen and oxygen atoms in total. The first kappa shape index (κ1) is 21.4. The number of carbonyl (C=O) groups is 1. The molecule has 138 valence electrons. The average Bonchev–Trinajstić information content (AvgIpc) is 3.14. The summed E-state index contributed by atoms with van der Waals surface area (Å²) in [6.07, 6.45) is 4.44. The van der Waals surface area contributed by atoms with E-state index < -0.39 is 0 Å². The monoisotopic (exact) mass is 386 g/mol. The number of hydrogen-bond donors (Lipinski definition) is 2. The number of piperazine rings is 1. The highest BCUT2D eigenvalue weighted by atomic mass is 35.5. The van der Waals surface area contributed by atoms with Crippen LogP contribution >= 0.6 is 24.8 Å². The Morgan fingerprint density at radius 2 is 2.00 bits per heavy atom. The predicted octanol–water partition coefficient (Wildman–Crippen LogP) is 1.14. The molecule has 2 aromatic rings. The first-order valence-corrected chi connectivity index (χ1v) is 8.01. The Morgan fingerprint density at radius 1 is 1.20 bits per heavy atom. The molecule has 2 aromatic heterocycles. The summed E-state index contributed by atoms with van der Waals surface area (Å²) < 4.78 is 1.64. The molecule has 1 fully saturated rings. The Labute approximate surface area is 160 Å². The van der Waals surface area contributed by atoms with Crippen molar-refractivity contribution in [1.82, 2.24) is 30.3 Å². The maximum absolute atomic E-state index is 12.2. The van der Waals surface area contributed by atoms with Crippen molar-refractivity contribution < 1.29 is 4.79 Å². The number of nitrogens with one attached hydrogen (secondary N) is 2. The fraction of sp³-hybridized carbons (Fsp3) is 0.438. The first-order chi connectivity index (χ1) is 11.3. The summed E-state index contributed by atoms with van der Waals surface area (Å²) in [7, 11) is 0. The summed E-state index contributed by atoms with van der Waals surface area (Å²) in [5.74, 6) is 0.503. The lowest BCUT2D eigenvalue weighted by Crippen LogP contribution is -2.44. The second kappa shape index (κ2) is 11.0. The molecule has 2 N–H and O–H groups in total. The van der Waals surface area contributed by atoms with Crippen LogP contribution in [0.2, 0.25) is 0 Å². The Morgan fingerprint density at radius 3 is 2.72 bits per heavy atom. The topological polar surface area (TPSA) is 75.1 Å². The van der Waals surface area contributed by atoms with Gasteiger partial charge in [0.25, 0.3) is 5.91 Å². The zero-order chi connectivity index (χ0) is 15.9. The zero-order valence-corrected chi connectivity index (χ0v) is 15.6. The molecule has 25 heavy (non-hydrogen) atoms. The largest absolute Gasteiger partial charge is 0.351 e. The lowest BCUT2D eigenvalue weighted by atomic mass is 10.3. The normalized spacial score (nSPS) is 14.2. The molecule has 0 atom stereocenters. The molecular formula is C16H24Cl2N6O. The SMILES string of the molecule is Cl.Cl.O=C(NCCCN1CCNCC1)c1cccc(-n2cccn2)n1. The zero-order valence-electron chi connectivity index (χ0n) is 13.9. The van der Waals surface area contributed by atoms with E-state index in [1.54, 1.807) is 23.1 Å². The van der Waals surface area contributed by atoms with Crippen molar-refractivity contribution in [3.63, 3.8) is 0 Å². The number of rotatable bonds is 6. The van der Waals surface area contributed by atoms with Crippen molar-refractivity contribution in [3.05, 3.63) is 42.4 Å². The molecule has 1 amide bonds. The third-order valence-corrected chi connectivity index (χ3v) is 3.85. The number of nitrogens with zero attached hydrogens (tertiary/aromatic N) is 4. The van der Waals surface area contributed by atoms with Gasteiger partial charge in [-0.3, -0.25) is 4.79 Å². The van der Waals surface area contributed by atoms with E-state index in [4.69, 9.17) is 0 Å². The average molecular weight is 387 g/mol. The third kappa shape index (κ3) is 6.28. The van der Waals surface area contributed by atoms with Gasteiger partial charge in [0.2, 0.25) is 0 Å². The molecule has 1 saturated heterocycles. The maximum atomic E-state index is 12.2. The third-order valence-electron chi connectivity index (χ3n) is 3.85. The fourth-order valence-corrected chi connectivity index (χ4v) is 2.61. The van der Waals surface area contributed by atoms with Gasteiger partial charge in [-0.2, -0.15) is 5.10 Å². The van der Waals surface area contributed by atoms with Crippen LogP contribution in [0.4, 0.5) is 0 Å². The van der Waals surface area contributed by atoms with Crippen molar-refractivity contribution in [1.29, 1.82) is 0 Å². The lowest BCUT2D eigenvalue weighted by molar-refractivity contribution is 0.0946. The van der Waals surface area contributed by atoms with E-state index in [1.807, 2.05) is 18.2 Å². The molecule has 9 heteroatoms. The van der Waals surface area contributed by atoms with Gasteiger partial charge >= 0.3 is 0 Å². The Hall–Kier alpha value is -1.67. The highest BCUT2D eigenvalue weighted by molar-refractivity contribution is 5.92. The summed E-state index contributed by atoms with van der Waals surface area (Å²) in [6, 6.07) is 7.19. The molecule has 1 aliphatic heterocycles. The fourth-order valence-electron chi connectivity index (χ4n) is 2.61. The van der Waals surface area contributed by atoms with Gasteiger partial charge in [0.1, 0.15) is 5.69 Å². The van der Waals surface area contributed by atoms with E-state index >= 15 is 0 Å². The number of pyridine rings is 1. The maximum Gasteiger partial charge on any atom is 0.269 e. The Kier molecular flexibility index (Phi) is 9.44. The van der Waals surface area contributed by atoms with E-state index in [0.717, 1.165) is 39.1 Å². The number of halogens is 2. The van der Waals surface area contributed by atoms with Crippen LogP contribution < -0.4 is 10.6 Å². The van der Waals surface area contributed by atoms with Crippen LogP contribution in [-0.4, -0.2) is 64.8 Å². The van der Waals surface area contributed by atoms with Gasteiger partial charge in [0.05, 0.1) is 0 Å². The smallest absolute Gasteiger partial charge is 0.269 e. The molecule has 0 spiro atoms. The molecular weight excluding hydrogens is 363 g/mol. The van der Waals surface area contributed by atoms with Gasteiger partial charge in [-0.25, -0.2) is 9.67 Å². The van der Waals surface area contributed by atoms with Crippen LogP contribution in [-0.2, 0) is 0 Å². The van der Waals surface area contributed by atoms with Gasteiger partial charge in [0, 0.05) is 45.1 Å². The highest BCUT2D eigenvalue weighted by Gasteiger charge is 2.10. The highest BCUT2D eigenvalue weighted by Crippen LogP contribution is 2.04. The van der Waals surface area contributed by atoms with E-state index in [2.05, 4.69) is 25.6 Å². The minimum absolute atomic E-state index is 0. The minimum Gasteiger partial charge on any atom is -0.351 e. The van der Waals surface area contributed by atoms with Gasteiger partial charge in [-0.05, 0) is 31.2 Å². The first-order valence-electron chi connectivity index (χ1n) is 8.01. The quantitative estimate of drug-likeness (QED) is 0.728. The molecule has 0 aliphatic carbocycles. The number of hydrogen-bond acceptors (Lipinski definition) is 5. The van der Waals surface area contributed by atoms with Crippen molar-refractivity contribution in [2.24, 2.45) is 0 Å². The second-order valence-corrected chi connectivity index (χ2v) is 5.53. The van der Waals surface area contributed by atoms with E-state index in [-0.39, 0.29) is 30.7 Å². The van der Waals surface area contributed by atoms with E-state index in [1.165, 1.54) is 0 Å². The standard InChI is InChI=1S/C16H22N6O.2ClH/c23-16(18-6-2-10-21-12-8-17-9-13-21)14-4-1-5-15(20-14)22-11-3-7-19-22;;/h1,3-5,7,11,17H,2,6,8-10,12-13H2,(H,18,23);2*1H. The Balaban J connectivity index is 0.00000156. The molecule has 0 bridgehead atoms. The van der Waals surface area contributed by atoms with Crippen LogP contribution in [0.1, 0.15) is 16.9 Å². The molecule has 0 saturated carbocycles. The van der Waals surface area contributed by atoms with Crippen LogP contribution in [0.3, 0.4) is 0 Å². The van der Waals surface area contributed by atoms with Crippen molar-refractivity contribution in [2.45, 2.75) is 6.42 Å². The molecule has 0 aromatic carbocycles. The summed E-state index contributed by atoms with van der Waals surface area (Å²) in [5.41, 5.74) is 0.417. The molecule has 1 aliphatic rings. The van der Waals surface area contributed by atoms with Crippen LogP contribution in [0.15, 0.2) is 36.7 Å². The van der Waals surface area contributed by atoms with Gasteiger partial charge in [-0.1, -0.05) is 6.07 Å². The number of amides is 1. The van der Waals surface area contributed by atoms with Crippen molar-refractivity contribution in [2.75, 3.05) is 39.3 Å². The minimum atomic E-state index is -0.140. The summed E-state index contributed by atoms with van der Waals surface area (Å²) in [4.78, 5) is 19.0. The predicted molar refractivity (Wildman–Crippen MR) is 102 cm³/mol. The van der Waals surface area contributed by atoms with E-state index in [0.29, 0.717) is 18.1 Å². The van der Waals surface area contributed by atoms with Gasteiger partial charge in [0.15, 0.2) is 5.82 Å². The molecule has 3 heterocycles. The van der Waals surface area contributed by atoms with Crippen LogP contribution in [0.25, 0.3) is 5.82 Å². The van der Waals surface area contributed by atoms with Crippen molar-refractivity contribution in [3.8, 4) is 5.82 Å². The molecule has 0 unspecified atom stereocenters. The molecule has 0 radical (unpaired) electrons. The summed E-state index contributed by atoms with van der Waals surface area (Å²) >= 11 is 0. The van der Waals surface area contributed by atoms with Gasteiger partial charge in [-0.15, -0.1) is 24.8 Å².